The van der Waals surface area contributed by atoms with Crippen LogP contribution in [0.1, 0.15) is 30.6 Å². The van der Waals surface area contributed by atoms with Crippen molar-refractivity contribution in [2.24, 2.45) is 0 Å². The number of carbonyl (C=O) groups excluding carboxylic acids is 2. The first kappa shape index (κ1) is 20.2. The van der Waals surface area contributed by atoms with E-state index >= 15 is 0 Å². The number of benzene rings is 2. The van der Waals surface area contributed by atoms with Gasteiger partial charge in [-0.05, 0) is 30.3 Å². The van der Waals surface area contributed by atoms with Crippen molar-refractivity contribution in [3.8, 4) is 0 Å². The lowest BCUT2D eigenvalue weighted by molar-refractivity contribution is -0.134. The third-order valence-corrected chi connectivity index (χ3v) is 6.81. The molecule has 1 aliphatic heterocycles. The second-order valence-corrected chi connectivity index (χ2v) is 8.76. The largest absolute Gasteiger partial charge is 0.427 e. The number of amides is 2. The van der Waals surface area contributed by atoms with Gasteiger partial charge in [0.2, 0.25) is 0 Å². The van der Waals surface area contributed by atoms with E-state index < -0.39 is 33.7 Å². The van der Waals surface area contributed by atoms with E-state index in [1.807, 2.05) is 0 Å². The van der Waals surface area contributed by atoms with E-state index in [-0.39, 0.29) is 28.4 Å². The first-order chi connectivity index (χ1) is 14.2. The van der Waals surface area contributed by atoms with Crippen molar-refractivity contribution in [1.82, 2.24) is 10.3 Å². The van der Waals surface area contributed by atoms with Crippen molar-refractivity contribution < 1.29 is 27.0 Å². The average molecular weight is 451 g/mol. The molecule has 154 valence electrons. The van der Waals surface area contributed by atoms with Crippen molar-refractivity contribution >= 4 is 39.6 Å². The number of hydrogen-bond acceptors (Lipinski definition) is 5. The van der Waals surface area contributed by atoms with Crippen LogP contribution in [0.25, 0.3) is 0 Å². The number of nitrogens with zero attached hydrogens (tertiary/aromatic N) is 1. The summed E-state index contributed by atoms with van der Waals surface area (Å²) in [6.07, 6.45) is -3.76. The second kappa shape index (κ2) is 7.65. The molecule has 11 heteroatoms. The fraction of sp³-hybridized carbons (Fsp3) is 0.105. The molecule has 30 heavy (non-hydrogen) atoms. The molecule has 3 aromatic rings. The van der Waals surface area contributed by atoms with Gasteiger partial charge in [0.1, 0.15) is 9.88 Å². The summed E-state index contributed by atoms with van der Waals surface area (Å²) < 4.78 is 50.8. The summed E-state index contributed by atoms with van der Waals surface area (Å²) in [4.78, 5) is 28.4. The highest BCUT2D eigenvalue weighted by atomic mass is 32.2. The van der Waals surface area contributed by atoms with Gasteiger partial charge in [0.15, 0.2) is 0 Å². The highest BCUT2D eigenvalue weighted by molar-refractivity contribution is 7.85. The monoisotopic (exact) mass is 451 g/mol. The molecule has 6 nitrogen and oxygen atoms in total. The molecule has 2 N–H and O–H groups in total. The molecule has 1 aliphatic rings. The molecule has 0 aliphatic carbocycles. The summed E-state index contributed by atoms with van der Waals surface area (Å²) in [5.41, 5.74) is 0.669. The average Bonchev–Trinajstić information content (AvgIpc) is 3.17. The van der Waals surface area contributed by atoms with Crippen LogP contribution in [0.4, 0.5) is 18.9 Å². The highest BCUT2D eigenvalue weighted by Crippen LogP contribution is 2.33. The van der Waals surface area contributed by atoms with Gasteiger partial charge in [-0.15, -0.1) is 11.3 Å². The molecule has 2 heterocycles. The Labute approximate surface area is 174 Å². The number of nitrogens with one attached hydrogen (secondary N) is 2. The number of aromatic nitrogens is 1. The molecule has 0 spiro atoms. The molecular formula is C19H12F3N3O3S2. The Morgan fingerprint density at radius 3 is 2.67 bits per heavy atom. The molecule has 0 radical (unpaired) electrons. The van der Waals surface area contributed by atoms with Gasteiger partial charge in [-0.3, -0.25) is 9.59 Å². The van der Waals surface area contributed by atoms with Crippen LogP contribution in [0.15, 0.2) is 58.5 Å². The number of halogens is 3. The molecule has 4 rings (SSSR count). The highest BCUT2D eigenvalue weighted by Gasteiger charge is 2.33. The Morgan fingerprint density at radius 1 is 1.17 bits per heavy atom. The Hall–Kier alpha value is -3.05. The summed E-state index contributed by atoms with van der Waals surface area (Å²) in [6.45, 7) is -0.180. The first-order valence-corrected chi connectivity index (χ1v) is 10.5. The van der Waals surface area contributed by atoms with E-state index in [1.54, 1.807) is 24.3 Å². The van der Waals surface area contributed by atoms with Crippen LogP contribution in [0.2, 0.25) is 0 Å². The van der Waals surface area contributed by atoms with Crippen LogP contribution in [0.3, 0.4) is 0 Å². The van der Waals surface area contributed by atoms with Gasteiger partial charge < -0.3 is 10.6 Å². The zero-order valence-corrected chi connectivity index (χ0v) is 16.6. The topological polar surface area (TPSA) is 88.2 Å². The predicted octanol–water partition coefficient (Wildman–Crippen LogP) is 3.82. The Morgan fingerprint density at radius 2 is 1.93 bits per heavy atom. The van der Waals surface area contributed by atoms with Crippen LogP contribution < -0.4 is 10.6 Å². The van der Waals surface area contributed by atoms with E-state index in [4.69, 9.17) is 0 Å². The SMILES string of the molecule is O=C(NCc1ncc(C(F)(F)F)s1)c1ccc2c(c1)NC(=O)c1ccccc1S2=O. The number of hydrogen-bond donors (Lipinski definition) is 2. The number of anilines is 1. The molecule has 1 unspecified atom stereocenters. The summed E-state index contributed by atoms with van der Waals surface area (Å²) in [5.74, 6) is -1.01. The Balaban J connectivity index is 1.54. The molecule has 0 bridgehead atoms. The minimum atomic E-state index is -4.48. The maximum atomic E-state index is 12.9. The molecule has 2 aromatic carbocycles. The van der Waals surface area contributed by atoms with Crippen molar-refractivity contribution in [3.63, 3.8) is 0 Å². The van der Waals surface area contributed by atoms with Gasteiger partial charge >= 0.3 is 6.18 Å². The molecule has 0 saturated heterocycles. The van der Waals surface area contributed by atoms with Crippen molar-refractivity contribution in [1.29, 1.82) is 0 Å². The number of fused-ring (bicyclic) bond motifs is 2. The fourth-order valence-electron chi connectivity index (χ4n) is 2.84. The van der Waals surface area contributed by atoms with E-state index in [1.165, 1.54) is 18.2 Å². The minimum absolute atomic E-state index is 0.107. The minimum Gasteiger partial charge on any atom is -0.346 e. The zero-order chi connectivity index (χ0) is 21.5. The maximum Gasteiger partial charge on any atom is 0.427 e. The third kappa shape index (κ3) is 3.85. The van der Waals surface area contributed by atoms with Gasteiger partial charge in [0.25, 0.3) is 11.8 Å². The molecule has 1 aromatic heterocycles. The van der Waals surface area contributed by atoms with Crippen LogP contribution in [0, 0.1) is 0 Å². The van der Waals surface area contributed by atoms with Gasteiger partial charge in [0, 0.05) is 5.56 Å². The summed E-state index contributed by atoms with van der Waals surface area (Å²) in [5, 5.41) is 5.25. The van der Waals surface area contributed by atoms with E-state index in [0.29, 0.717) is 21.1 Å². The molecular weight excluding hydrogens is 439 g/mol. The van der Waals surface area contributed by atoms with Crippen LogP contribution in [0.5, 0.6) is 0 Å². The normalized spacial score (nSPS) is 15.6. The lowest BCUT2D eigenvalue weighted by Gasteiger charge is -2.09. The number of thiazole rings is 1. The van der Waals surface area contributed by atoms with Crippen LogP contribution in [-0.2, 0) is 23.5 Å². The fourth-order valence-corrected chi connectivity index (χ4v) is 4.86. The van der Waals surface area contributed by atoms with Gasteiger partial charge in [-0.1, -0.05) is 12.1 Å². The smallest absolute Gasteiger partial charge is 0.346 e. The summed E-state index contributed by atoms with van der Waals surface area (Å²) in [7, 11) is -1.62. The number of alkyl halides is 3. The third-order valence-electron chi connectivity index (χ3n) is 4.25. The Bertz CT molecular complexity index is 1190. The van der Waals surface area contributed by atoms with E-state index in [0.717, 1.165) is 6.20 Å². The van der Waals surface area contributed by atoms with Crippen LogP contribution >= 0.6 is 11.3 Å². The number of carbonyl (C=O) groups is 2. The van der Waals surface area contributed by atoms with E-state index in [9.17, 15) is 27.0 Å². The van der Waals surface area contributed by atoms with Crippen molar-refractivity contribution in [3.05, 3.63) is 69.7 Å². The lowest BCUT2D eigenvalue weighted by Crippen LogP contribution is -2.23. The number of rotatable bonds is 3. The standard InChI is InChI=1S/C19H12F3N3O3S2/c20-19(21,22)15-8-23-16(29-15)9-24-17(26)10-5-6-14-12(7-10)25-18(27)11-3-1-2-4-13(11)30(14)28/h1-8H,9H2,(H,24,26)(H,25,27). The predicted molar refractivity (Wildman–Crippen MR) is 104 cm³/mol. The van der Waals surface area contributed by atoms with Crippen molar-refractivity contribution in [2.75, 3.05) is 5.32 Å². The van der Waals surface area contributed by atoms with Gasteiger partial charge in [-0.2, -0.15) is 13.2 Å². The summed E-state index contributed by atoms with van der Waals surface area (Å²) >= 11 is 0.448. The molecule has 2 amide bonds. The van der Waals surface area contributed by atoms with E-state index in [2.05, 4.69) is 15.6 Å². The lowest BCUT2D eigenvalue weighted by atomic mass is 10.1. The molecule has 1 atom stereocenters. The molecule has 0 fully saturated rings. The molecule has 0 saturated carbocycles. The van der Waals surface area contributed by atoms with Crippen molar-refractivity contribution in [2.45, 2.75) is 22.5 Å². The zero-order valence-electron chi connectivity index (χ0n) is 14.9. The second-order valence-electron chi connectivity index (χ2n) is 6.23. The summed E-state index contributed by atoms with van der Waals surface area (Å²) in [6, 6.07) is 10.8. The maximum absolute atomic E-state index is 12.9. The van der Waals surface area contributed by atoms with Gasteiger partial charge in [-0.25, -0.2) is 9.19 Å². The first-order valence-electron chi connectivity index (χ1n) is 8.50. The van der Waals surface area contributed by atoms with Crippen LogP contribution in [-0.4, -0.2) is 21.0 Å². The van der Waals surface area contributed by atoms with Gasteiger partial charge in [0.05, 0.1) is 44.6 Å². The quantitative estimate of drug-likeness (QED) is 0.634. The Kier molecular flexibility index (Phi) is 5.16.